The van der Waals surface area contributed by atoms with Crippen LogP contribution < -0.4 is 0 Å². The highest BCUT2D eigenvalue weighted by Crippen LogP contribution is 2.40. The molecular weight excluding hydrogens is 371 g/mol. The molecule has 1 saturated heterocycles. The average molecular weight is 395 g/mol. The monoisotopic (exact) mass is 394 g/mol. The van der Waals surface area contributed by atoms with Gasteiger partial charge in [0, 0.05) is 6.04 Å². The fourth-order valence-corrected chi connectivity index (χ4v) is 4.91. The van der Waals surface area contributed by atoms with Crippen molar-refractivity contribution in [3.63, 3.8) is 0 Å². The molecule has 0 bridgehead atoms. The van der Waals surface area contributed by atoms with E-state index >= 15 is 0 Å². The number of amidine groups is 1. The molecule has 144 valence electrons. The molecule has 4 rings (SSSR count). The number of carbonyl (C=O) groups is 1. The zero-order valence-corrected chi connectivity index (χ0v) is 16.7. The number of hydrogen-bond donors (Lipinski definition) is 0. The highest BCUT2D eigenvalue weighted by Gasteiger charge is 2.41. The number of aliphatic imine (C=N–C) groups is 1. The van der Waals surface area contributed by atoms with Crippen molar-refractivity contribution in [2.45, 2.75) is 38.6 Å². The fourth-order valence-electron chi connectivity index (χ4n) is 3.86. The van der Waals surface area contributed by atoms with Crippen LogP contribution in [0.3, 0.4) is 0 Å². The molecule has 3 nitrogen and oxygen atoms in total. The standard InChI is InChI=1S/C23H23FN2OS/c1-16-7-5-6-10-20(16)26-22(27)21(15-17-11-13-18(24)14-12-17)28-23(26)25-19-8-3-2-4-9-19/h2-4,8-9,11-16,20H,5-7,10H2,1H3/b21-15-,25-23?/t16-,20+/m0/s1. The predicted octanol–water partition coefficient (Wildman–Crippen LogP) is 6.01. The van der Waals surface area contributed by atoms with Gasteiger partial charge in [-0.1, -0.05) is 50.1 Å². The number of halogens is 1. The second-order valence-electron chi connectivity index (χ2n) is 7.40. The third kappa shape index (κ3) is 4.04. The van der Waals surface area contributed by atoms with Gasteiger partial charge in [0.05, 0.1) is 10.6 Å². The maximum absolute atomic E-state index is 13.3. The summed E-state index contributed by atoms with van der Waals surface area (Å²) in [7, 11) is 0. The Kier molecular flexibility index (Phi) is 5.62. The number of carbonyl (C=O) groups excluding carboxylic acids is 1. The van der Waals surface area contributed by atoms with Gasteiger partial charge in [-0.25, -0.2) is 9.38 Å². The Hall–Kier alpha value is -2.40. The Balaban J connectivity index is 1.71. The van der Waals surface area contributed by atoms with Gasteiger partial charge < -0.3 is 0 Å². The van der Waals surface area contributed by atoms with E-state index in [9.17, 15) is 9.18 Å². The maximum Gasteiger partial charge on any atom is 0.267 e. The maximum atomic E-state index is 13.3. The first-order valence-electron chi connectivity index (χ1n) is 9.74. The summed E-state index contributed by atoms with van der Waals surface area (Å²) in [5.74, 6) is 0.170. The Morgan fingerprint density at radius 2 is 1.79 bits per heavy atom. The number of thioether (sulfide) groups is 1. The van der Waals surface area contributed by atoms with E-state index in [2.05, 4.69) is 6.92 Å². The molecule has 0 unspecified atom stereocenters. The van der Waals surface area contributed by atoms with Crippen molar-refractivity contribution < 1.29 is 9.18 Å². The summed E-state index contributed by atoms with van der Waals surface area (Å²) in [6.45, 7) is 2.23. The van der Waals surface area contributed by atoms with Gasteiger partial charge in [0.15, 0.2) is 5.17 Å². The second-order valence-corrected chi connectivity index (χ2v) is 8.41. The third-order valence-corrected chi connectivity index (χ3v) is 6.37. The summed E-state index contributed by atoms with van der Waals surface area (Å²) < 4.78 is 13.2. The number of hydrogen-bond acceptors (Lipinski definition) is 3. The van der Waals surface area contributed by atoms with Gasteiger partial charge in [-0.3, -0.25) is 9.69 Å². The van der Waals surface area contributed by atoms with Crippen LogP contribution in [-0.4, -0.2) is 22.0 Å². The van der Waals surface area contributed by atoms with Gasteiger partial charge in [0.1, 0.15) is 5.82 Å². The molecule has 0 spiro atoms. The van der Waals surface area contributed by atoms with Gasteiger partial charge in [0.25, 0.3) is 5.91 Å². The third-order valence-electron chi connectivity index (χ3n) is 5.38. The molecule has 0 aromatic heterocycles. The lowest BCUT2D eigenvalue weighted by Gasteiger charge is -2.35. The van der Waals surface area contributed by atoms with Crippen LogP contribution >= 0.6 is 11.8 Å². The number of benzene rings is 2. The summed E-state index contributed by atoms with van der Waals surface area (Å²) in [6, 6.07) is 16.1. The molecule has 2 fully saturated rings. The van der Waals surface area contributed by atoms with E-state index in [0.717, 1.165) is 35.7 Å². The largest absolute Gasteiger partial charge is 0.283 e. The van der Waals surface area contributed by atoms with Gasteiger partial charge in [-0.15, -0.1) is 0 Å². The topological polar surface area (TPSA) is 32.7 Å². The molecule has 1 aliphatic carbocycles. The van der Waals surface area contributed by atoms with Crippen LogP contribution in [0.5, 0.6) is 0 Å². The molecular formula is C23H23FN2OS. The molecule has 2 aromatic rings. The Morgan fingerprint density at radius 1 is 1.07 bits per heavy atom. The molecule has 2 aliphatic rings. The molecule has 1 amide bonds. The first-order valence-corrected chi connectivity index (χ1v) is 10.6. The van der Waals surface area contributed by atoms with Crippen molar-refractivity contribution >= 4 is 34.6 Å². The lowest BCUT2D eigenvalue weighted by Crippen LogP contribution is -2.44. The van der Waals surface area contributed by atoms with Crippen molar-refractivity contribution in [2.24, 2.45) is 10.9 Å². The molecule has 1 aliphatic heterocycles. The van der Waals surface area contributed by atoms with E-state index in [1.807, 2.05) is 41.3 Å². The van der Waals surface area contributed by atoms with Crippen molar-refractivity contribution in [3.05, 3.63) is 70.9 Å². The molecule has 2 aromatic carbocycles. The normalized spacial score (nSPS) is 25.6. The summed E-state index contributed by atoms with van der Waals surface area (Å²) in [6.07, 6.45) is 6.33. The van der Waals surface area contributed by atoms with Crippen LogP contribution in [0.2, 0.25) is 0 Å². The van der Waals surface area contributed by atoms with E-state index in [4.69, 9.17) is 4.99 Å². The zero-order valence-electron chi connectivity index (χ0n) is 15.8. The molecule has 1 heterocycles. The Bertz CT molecular complexity index is 908. The number of para-hydroxylation sites is 1. The number of nitrogens with zero attached hydrogens (tertiary/aromatic N) is 2. The van der Waals surface area contributed by atoms with Gasteiger partial charge in [-0.2, -0.15) is 0 Å². The summed E-state index contributed by atoms with van der Waals surface area (Å²) >= 11 is 1.41. The molecule has 28 heavy (non-hydrogen) atoms. The summed E-state index contributed by atoms with van der Waals surface area (Å²) in [5, 5.41) is 0.739. The molecule has 5 heteroatoms. The van der Waals surface area contributed by atoms with E-state index < -0.39 is 0 Å². The van der Waals surface area contributed by atoms with E-state index in [1.165, 1.54) is 30.3 Å². The van der Waals surface area contributed by atoms with E-state index in [0.29, 0.717) is 10.8 Å². The summed E-state index contributed by atoms with van der Waals surface area (Å²) in [4.78, 5) is 20.6. The van der Waals surface area contributed by atoms with Crippen LogP contribution in [0.25, 0.3) is 6.08 Å². The minimum Gasteiger partial charge on any atom is -0.283 e. The molecule has 0 radical (unpaired) electrons. The van der Waals surface area contributed by atoms with Crippen molar-refractivity contribution in [1.82, 2.24) is 4.90 Å². The Morgan fingerprint density at radius 3 is 2.50 bits per heavy atom. The number of rotatable bonds is 3. The van der Waals surface area contributed by atoms with E-state index in [1.54, 1.807) is 12.1 Å². The lowest BCUT2D eigenvalue weighted by atomic mass is 9.85. The van der Waals surface area contributed by atoms with E-state index in [-0.39, 0.29) is 17.8 Å². The fraction of sp³-hybridized carbons (Fsp3) is 0.304. The highest BCUT2D eigenvalue weighted by molar-refractivity contribution is 8.18. The number of amides is 1. The quantitative estimate of drug-likeness (QED) is 0.597. The predicted molar refractivity (Wildman–Crippen MR) is 114 cm³/mol. The van der Waals surface area contributed by atoms with Crippen molar-refractivity contribution in [2.75, 3.05) is 0 Å². The Labute approximate surface area is 169 Å². The van der Waals surface area contributed by atoms with Gasteiger partial charge in [0.2, 0.25) is 0 Å². The van der Waals surface area contributed by atoms with Crippen molar-refractivity contribution in [1.29, 1.82) is 0 Å². The summed E-state index contributed by atoms with van der Waals surface area (Å²) in [5.41, 5.74) is 1.66. The van der Waals surface area contributed by atoms with Crippen molar-refractivity contribution in [3.8, 4) is 0 Å². The zero-order chi connectivity index (χ0) is 19.5. The lowest BCUT2D eigenvalue weighted by molar-refractivity contribution is -0.124. The minimum absolute atomic E-state index is 0.00255. The van der Waals surface area contributed by atoms with Crippen LogP contribution in [-0.2, 0) is 4.79 Å². The highest BCUT2D eigenvalue weighted by atomic mass is 32.2. The molecule has 1 saturated carbocycles. The van der Waals surface area contributed by atoms with Crippen LogP contribution in [0, 0.1) is 11.7 Å². The molecule has 0 N–H and O–H groups in total. The smallest absolute Gasteiger partial charge is 0.267 e. The van der Waals surface area contributed by atoms with Crippen LogP contribution in [0.1, 0.15) is 38.2 Å². The molecule has 2 atom stereocenters. The van der Waals surface area contributed by atoms with Gasteiger partial charge >= 0.3 is 0 Å². The first kappa shape index (κ1) is 18.9. The average Bonchev–Trinajstić information content (AvgIpc) is 3.00. The minimum atomic E-state index is -0.281. The van der Waals surface area contributed by atoms with Crippen LogP contribution in [0.4, 0.5) is 10.1 Å². The van der Waals surface area contributed by atoms with Crippen LogP contribution in [0.15, 0.2) is 64.5 Å². The van der Waals surface area contributed by atoms with Gasteiger partial charge in [-0.05, 0) is 66.4 Å². The first-order chi connectivity index (χ1) is 13.6. The second kappa shape index (κ2) is 8.31. The SMILES string of the molecule is C[C@H]1CCCC[C@H]1N1C(=O)/C(=C/c2ccc(F)cc2)SC1=Nc1ccccc1.